The second-order valence-corrected chi connectivity index (χ2v) is 7.02. The maximum Gasteiger partial charge on any atom is 0.264 e. The summed E-state index contributed by atoms with van der Waals surface area (Å²) in [5.74, 6) is -2.00. The molecule has 0 saturated carbocycles. The Kier molecular flexibility index (Phi) is 3.99. The Balaban J connectivity index is 1.83. The highest BCUT2D eigenvalue weighted by molar-refractivity contribution is 7.89. The Morgan fingerprint density at radius 3 is 2.78 bits per heavy atom. The molecule has 0 saturated heterocycles. The van der Waals surface area contributed by atoms with Crippen molar-refractivity contribution < 1.29 is 17.2 Å². The maximum absolute atomic E-state index is 13.7. The highest BCUT2D eigenvalue weighted by Crippen LogP contribution is 2.21. The Bertz CT molecular complexity index is 912. The van der Waals surface area contributed by atoms with Crippen molar-refractivity contribution in [2.75, 3.05) is 0 Å². The number of aromatic nitrogens is 2. The first-order chi connectivity index (χ1) is 10.8. The molecule has 1 heterocycles. The minimum atomic E-state index is -4.12. The summed E-state index contributed by atoms with van der Waals surface area (Å²) in [6, 6.07) is 3.18. The van der Waals surface area contributed by atoms with Gasteiger partial charge in [0.2, 0.25) is 10.0 Å². The molecule has 6 nitrogen and oxygen atoms in total. The molecule has 1 aliphatic carbocycles. The standard InChI is InChI=1S/C14H13F2N3O3S/c15-9-1-4-13(11(16)7-9)23(21,22)19-10-2-3-12-8(5-10)6-14(20)18-17-12/h1,4,6-7,10,19H,2-3,5H2,(H,18,20). The fourth-order valence-corrected chi connectivity index (χ4v) is 3.95. The number of nitrogens with one attached hydrogen (secondary N) is 2. The van der Waals surface area contributed by atoms with Crippen molar-refractivity contribution in [1.82, 2.24) is 14.9 Å². The molecular formula is C14H13F2N3O3S. The van der Waals surface area contributed by atoms with Gasteiger partial charge in [-0.25, -0.2) is 27.0 Å². The lowest BCUT2D eigenvalue weighted by Gasteiger charge is -2.24. The van der Waals surface area contributed by atoms with Crippen LogP contribution in [0.25, 0.3) is 0 Å². The number of aryl methyl sites for hydroxylation is 1. The molecule has 2 aromatic rings. The van der Waals surface area contributed by atoms with Gasteiger partial charge in [-0.05, 0) is 37.0 Å². The molecule has 1 aliphatic rings. The summed E-state index contributed by atoms with van der Waals surface area (Å²) in [6.45, 7) is 0. The van der Waals surface area contributed by atoms with E-state index in [0.29, 0.717) is 30.2 Å². The molecule has 1 unspecified atom stereocenters. The van der Waals surface area contributed by atoms with Crippen LogP contribution in [0.1, 0.15) is 17.7 Å². The Hall–Kier alpha value is -2.13. The second kappa shape index (κ2) is 5.82. The van der Waals surface area contributed by atoms with Gasteiger partial charge in [-0.2, -0.15) is 5.10 Å². The SMILES string of the molecule is O=c1cc2c(n[nH]1)CCC(NS(=O)(=O)c1ccc(F)cc1F)C2. The van der Waals surface area contributed by atoms with Crippen LogP contribution in [0, 0.1) is 11.6 Å². The van der Waals surface area contributed by atoms with Gasteiger partial charge in [-0.15, -0.1) is 0 Å². The number of hydrogen-bond donors (Lipinski definition) is 2. The predicted molar refractivity (Wildman–Crippen MR) is 77.4 cm³/mol. The lowest BCUT2D eigenvalue weighted by molar-refractivity contribution is 0.493. The average molecular weight is 341 g/mol. The molecule has 1 atom stereocenters. The molecule has 122 valence electrons. The van der Waals surface area contributed by atoms with Gasteiger partial charge in [0.05, 0.1) is 5.69 Å². The van der Waals surface area contributed by atoms with E-state index in [1.807, 2.05) is 0 Å². The van der Waals surface area contributed by atoms with E-state index >= 15 is 0 Å². The number of aromatic amines is 1. The van der Waals surface area contributed by atoms with Crippen LogP contribution in [0.3, 0.4) is 0 Å². The number of rotatable bonds is 3. The predicted octanol–water partition coefficient (Wildman–Crippen LogP) is 0.884. The second-order valence-electron chi connectivity index (χ2n) is 5.34. The Labute approximate surface area is 130 Å². The third-order valence-electron chi connectivity index (χ3n) is 3.68. The Morgan fingerprint density at radius 1 is 1.26 bits per heavy atom. The number of H-pyrrole nitrogens is 1. The van der Waals surface area contributed by atoms with Crippen LogP contribution in [-0.4, -0.2) is 24.7 Å². The largest absolute Gasteiger partial charge is 0.268 e. The minimum Gasteiger partial charge on any atom is -0.268 e. The summed E-state index contributed by atoms with van der Waals surface area (Å²) >= 11 is 0. The van der Waals surface area contributed by atoms with Crippen LogP contribution in [0.4, 0.5) is 8.78 Å². The molecule has 2 N–H and O–H groups in total. The van der Waals surface area contributed by atoms with Gasteiger partial charge in [-0.3, -0.25) is 4.79 Å². The molecule has 0 radical (unpaired) electrons. The first-order valence-electron chi connectivity index (χ1n) is 6.90. The molecule has 3 rings (SSSR count). The van der Waals surface area contributed by atoms with Crippen molar-refractivity contribution in [2.24, 2.45) is 0 Å². The zero-order valence-corrected chi connectivity index (χ0v) is 12.7. The number of fused-ring (bicyclic) bond motifs is 1. The van der Waals surface area contributed by atoms with Crippen LogP contribution in [-0.2, 0) is 22.9 Å². The van der Waals surface area contributed by atoms with Crippen molar-refractivity contribution in [3.8, 4) is 0 Å². The highest BCUT2D eigenvalue weighted by atomic mass is 32.2. The van der Waals surface area contributed by atoms with Crippen LogP contribution < -0.4 is 10.3 Å². The molecular weight excluding hydrogens is 328 g/mol. The first-order valence-corrected chi connectivity index (χ1v) is 8.38. The van der Waals surface area contributed by atoms with Gasteiger partial charge >= 0.3 is 0 Å². The van der Waals surface area contributed by atoms with Crippen molar-refractivity contribution in [2.45, 2.75) is 30.2 Å². The molecule has 1 aromatic carbocycles. The number of hydrogen-bond acceptors (Lipinski definition) is 4. The third kappa shape index (κ3) is 3.30. The number of nitrogens with zero attached hydrogens (tertiary/aromatic N) is 1. The van der Waals surface area contributed by atoms with Crippen LogP contribution in [0.2, 0.25) is 0 Å². The number of halogens is 2. The molecule has 9 heteroatoms. The summed E-state index contributed by atoms with van der Waals surface area (Å²) < 4.78 is 53.5. The highest BCUT2D eigenvalue weighted by Gasteiger charge is 2.27. The molecule has 0 fully saturated rings. The zero-order chi connectivity index (χ0) is 16.6. The monoisotopic (exact) mass is 341 g/mol. The van der Waals surface area contributed by atoms with E-state index in [4.69, 9.17) is 0 Å². The smallest absolute Gasteiger partial charge is 0.264 e. The van der Waals surface area contributed by atoms with Crippen molar-refractivity contribution >= 4 is 10.0 Å². The summed E-state index contributed by atoms with van der Waals surface area (Å²) in [5.41, 5.74) is 1.01. The molecule has 0 amide bonds. The van der Waals surface area contributed by atoms with Crippen LogP contribution in [0.5, 0.6) is 0 Å². The average Bonchev–Trinajstić information content (AvgIpc) is 2.45. The van der Waals surface area contributed by atoms with Gasteiger partial charge in [0.15, 0.2) is 0 Å². The van der Waals surface area contributed by atoms with Crippen LogP contribution in [0.15, 0.2) is 34.0 Å². The molecule has 23 heavy (non-hydrogen) atoms. The van der Waals surface area contributed by atoms with E-state index in [1.54, 1.807) is 0 Å². The zero-order valence-electron chi connectivity index (χ0n) is 11.8. The number of sulfonamides is 1. The van der Waals surface area contributed by atoms with Crippen molar-refractivity contribution in [3.05, 3.63) is 57.5 Å². The minimum absolute atomic E-state index is 0.286. The van der Waals surface area contributed by atoms with Gasteiger partial charge in [0.1, 0.15) is 16.5 Å². The molecule has 0 bridgehead atoms. The van der Waals surface area contributed by atoms with E-state index in [1.165, 1.54) is 6.07 Å². The van der Waals surface area contributed by atoms with Gasteiger partial charge < -0.3 is 0 Å². The summed E-state index contributed by atoms with van der Waals surface area (Å²) in [4.78, 5) is 10.7. The van der Waals surface area contributed by atoms with E-state index in [2.05, 4.69) is 14.9 Å². The topological polar surface area (TPSA) is 91.9 Å². The lowest BCUT2D eigenvalue weighted by atomic mass is 9.93. The Morgan fingerprint density at radius 2 is 2.04 bits per heavy atom. The molecule has 1 aromatic heterocycles. The van der Waals surface area contributed by atoms with Gasteiger partial charge in [0.25, 0.3) is 5.56 Å². The number of benzene rings is 1. The van der Waals surface area contributed by atoms with Crippen molar-refractivity contribution in [1.29, 1.82) is 0 Å². The van der Waals surface area contributed by atoms with E-state index in [9.17, 15) is 22.0 Å². The normalized spacial score (nSPS) is 17.7. The molecule has 0 spiro atoms. The quantitative estimate of drug-likeness (QED) is 0.867. The van der Waals surface area contributed by atoms with Gasteiger partial charge in [0, 0.05) is 18.2 Å². The fourth-order valence-electron chi connectivity index (χ4n) is 2.62. The van der Waals surface area contributed by atoms with Gasteiger partial charge in [-0.1, -0.05) is 0 Å². The summed E-state index contributed by atoms with van der Waals surface area (Å²) in [6.07, 6.45) is 1.24. The maximum atomic E-state index is 13.7. The van der Waals surface area contributed by atoms with E-state index < -0.39 is 32.6 Å². The van der Waals surface area contributed by atoms with E-state index in [-0.39, 0.29) is 12.0 Å². The first kappa shape index (κ1) is 15.8. The summed E-state index contributed by atoms with van der Waals surface area (Å²) in [5, 5.41) is 6.25. The summed E-state index contributed by atoms with van der Waals surface area (Å²) in [7, 11) is -4.12. The molecule has 0 aliphatic heterocycles. The fraction of sp³-hybridized carbons (Fsp3) is 0.286. The van der Waals surface area contributed by atoms with Crippen molar-refractivity contribution in [3.63, 3.8) is 0 Å². The van der Waals surface area contributed by atoms with E-state index in [0.717, 1.165) is 12.1 Å². The third-order valence-corrected chi connectivity index (χ3v) is 5.23. The van der Waals surface area contributed by atoms with Crippen LogP contribution >= 0.6 is 0 Å². The lowest BCUT2D eigenvalue weighted by Crippen LogP contribution is -2.39.